The summed E-state index contributed by atoms with van der Waals surface area (Å²) in [6.07, 6.45) is 0.512. The minimum absolute atomic E-state index is 0.367. The van der Waals surface area contributed by atoms with E-state index in [2.05, 4.69) is 15.9 Å². The molecule has 1 aliphatic rings. The van der Waals surface area contributed by atoms with Crippen molar-refractivity contribution in [2.75, 3.05) is 11.4 Å². The molecule has 1 aromatic carbocycles. The number of carbonyl (C=O) groups excluding carboxylic acids is 2. The van der Waals surface area contributed by atoms with Crippen LogP contribution in [0.4, 0.5) is 5.69 Å². The van der Waals surface area contributed by atoms with Crippen LogP contribution in [0.2, 0.25) is 0 Å². The fourth-order valence-electron chi connectivity index (χ4n) is 2.50. The number of halogens is 1. The summed E-state index contributed by atoms with van der Waals surface area (Å²) in [5.41, 5.74) is 0.924. The number of anilines is 1. The molecular weight excluding hydrogens is 338 g/mol. The Morgan fingerprint density at radius 3 is 2.57 bits per heavy atom. The summed E-state index contributed by atoms with van der Waals surface area (Å²) in [6, 6.07) is 7.74. The number of hydrogen-bond donors (Lipinski definition) is 0. The van der Waals surface area contributed by atoms with Crippen LogP contribution in [0.3, 0.4) is 0 Å². The normalized spacial score (nSPS) is 21.8. The van der Waals surface area contributed by atoms with Crippen LogP contribution in [0, 0.1) is 0 Å². The van der Waals surface area contributed by atoms with Crippen molar-refractivity contribution in [1.82, 2.24) is 0 Å². The summed E-state index contributed by atoms with van der Waals surface area (Å²) in [4.78, 5) is 24.6. The largest absolute Gasteiger partial charge is 0.456 e. The maximum atomic E-state index is 11.4. The zero-order valence-electron chi connectivity index (χ0n) is 12.0. The van der Waals surface area contributed by atoms with Crippen molar-refractivity contribution in [3.05, 3.63) is 28.7 Å². The molecule has 0 unspecified atom stereocenters. The third-order valence-corrected chi connectivity index (χ3v) is 3.75. The highest BCUT2D eigenvalue weighted by molar-refractivity contribution is 9.10. The first-order chi connectivity index (χ1) is 9.97. The molecule has 1 heterocycles. The van der Waals surface area contributed by atoms with Crippen LogP contribution < -0.4 is 4.90 Å². The van der Waals surface area contributed by atoms with Crippen molar-refractivity contribution in [3.8, 4) is 0 Å². The molecule has 0 amide bonds. The summed E-state index contributed by atoms with van der Waals surface area (Å²) in [6.45, 7) is 3.47. The Morgan fingerprint density at radius 2 is 1.95 bits per heavy atom. The zero-order valence-corrected chi connectivity index (χ0v) is 13.6. The van der Waals surface area contributed by atoms with E-state index < -0.39 is 12.3 Å². The molecule has 1 saturated heterocycles. The third kappa shape index (κ3) is 4.20. The van der Waals surface area contributed by atoms with Gasteiger partial charge in [-0.15, -0.1) is 0 Å². The van der Waals surface area contributed by atoms with Gasteiger partial charge in [0.25, 0.3) is 0 Å². The lowest BCUT2D eigenvalue weighted by molar-refractivity contribution is -0.167. The van der Waals surface area contributed by atoms with Gasteiger partial charge in [0, 0.05) is 30.6 Å². The number of esters is 2. The summed E-state index contributed by atoms with van der Waals surface area (Å²) in [5, 5.41) is 0. The highest BCUT2D eigenvalue weighted by Crippen LogP contribution is 2.29. The van der Waals surface area contributed by atoms with E-state index in [9.17, 15) is 9.59 Å². The van der Waals surface area contributed by atoms with Crippen LogP contribution in [0.25, 0.3) is 0 Å². The van der Waals surface area contributed by atoms with Crippen molar-refractivity contribution in [2.24, 2.45) is 0 Å². The summed E-state index contributed by atoms with van der Waals surface area (Å²) in [7, 11) is 0. The molecule has 6 heteroatoms. The first-order valence-electron chi connectivity index (χ1n) is 6.84. The van der Waals surface area contributed by atoms with Crippen molar-refractivity contribution in [3.63, 3.8) is 0 Å². The molecule has 0 radical (unpaired) electrons. The van der Waals surface area contributed by atoms with Crippen LogP contribution in [0.15, 0.2) is 28.7 Å². The Kier molecular flexibility index (Phi) is 5.22. The Labute approximate surface area is 132 Å². The molecular formula is C15H18BrNO4. The average molecular weight is 356 g/mol. The Morgan fingerprint density at radius 1 is 1.24 bits per heavy atom. The Balaban J connectivity index is 2.27. The molecule has 0 N–H and O–H groups in total. The molecule has 5 nitrogen and oxygen atoms in total. The van der Waals surface area contributed by atoms with E-state index in [0.717, 1.165) is 23.1 Å². The van der Waals surface area contributed by atoms with Gasteiger partial charge in [-0.3, -0.25) is 9.59 Å². The molecule has 2 atom stereocenters. The van der Waals surface area contributed by atoms with Crippen LogP contribution >= 0.6 is 15.9 Å². The molecule has 2 rings (SSSR count). The highest BCUT2D eigenvalue weighted by Gasteiger charge is 2.36. The summed E-state index contributed by atoms with van der Waals surface area (Å²) in [5.74, 6) is -0.757. The molecule has 0 bridgehead atoms. The smallest absolute Gasteiger partial charge is 0.304 e. The SMILES string of the molecule is CC(=O)O[C@H]1CCCN(c2cccc(Br)c2)[C@H]1OC(C)=O. The van der Waals surface area contributed by atoms with Gasteiger partial charge in [0.15, 0.2) is 6.10 Å². The van der Waals surface area contributed by atoms with E-state index in [-0.39, 0.29) is 11.9 Å². The van der Waals surface area contributed by atoms with E-state index in [1.165, 1.54) is 13.8 Å². The topological polar surface area (TPSA) is 55.8 Å². The van der Waals surface area contributed by atoms with Crippen LogP contribution in [0.5, 0.6) is 0 Å². The molecule has 0 aromatic heterocycles. The highest BCUT2D eigenvalue weighted by atomic mass is 79.9. The summed E-state index contributed by atoms with van der Waals surface area (Å²) >= 11 is 3.44. The standard InChI is InChI=1S/C15H18BrNO4/c1-10(18)20-14-7-4-8-17(15(14)21-11(2)19)13-6-3-5-12(16)9-13/h3,5-6,9,14-15H,4,7-8H2,1-2H3/t14-,15-/m0/s1. The second kappa shape index (κ2) is 6.93. The van der Waals surface area contributed by atoms with Gasteiger partial charge in [-0.25, -0.2) is 0 Å². The molecule has 0 saturated carbocycles. The minimum atomic E-state index is -0.588. The molecule has 0 aliphatic carbocycles. The molecule has 114 valence electrons. The number of benzene rings is 1. The predicted molar refractivity (Wildman–Crippen MR) is 81.8 cm³/mol. The lowest BCUT2D eigenvalue weighted by atomic mass is 10.0. The first kappa shape index (κ1) is 15.8. The van der Waals surface area contributed by atoms with E-state index in [1.54, 1.807) is 0 Å². The van der Waals surface area contributed by atoms with E-state index in [1.807, 2.05) is 29.2 Å². The molecule has 1 aliphatic heterocycles. The monoisotopic (exact) mass is 355 g/mol. The van der Waals surface area contributed by atoms with Crippen LogP contribution in [0.1, 0.15) is 26.7 Å². The lowest BCUT2D eigenvalue weighted by Gasteiger charge is -2.40. The van der Waals surface area contributed by atoms with Gasteiger partial charge in [0.05, 0.1) is 0 Å². The van der Waals surface area contributed by atoms with Crippen molar-refractivity contribution in [1.29, 1.82) is 0 Å². The van der Waals surface area contributed by atoms with E-state index in [0.29, 0.717) is 6.42 Å². The first-order valence-corrected chi connectivity index (χ1v) is 7.63. The lowest BCUT2D eigenvalue weighted by Crippen LogP contribution is -2.52. The fraction of sp³-hybridized carbons (Fsp3) is 0.467. The minimum Gasteiger partial charge on any atom is -0.456 e. The number of hydrogen-bond acceptors (Lipinski definition) is 5. The van der Waals surface area contributed by atoms with Gasteiger partial charge < -0.3 is 14.4 Å². The number of rotatable bonds is 3. The quantitative estimate of drug-likeness (QED) is 0.780. The zero-order chi connectivity index (χ0) is 15.4. The molecule has 1 aromatic rings. The van der Waals surface area contributed by atoms with Crippen LogP contribution in [-0.4, -0.2) is 30.8 Å². The fourth-order valence-corrected chi connectivity index (χ4v) is 2.89. The Hall–Kier alpha value is -1.56. The van der Waals surface area contributed by atoms with Crippen molar-refractivity contribution >= 4 is 33.6 Å². The molecule has 0 spiro atoms. The van der Waals surface area contributed by atoms with E-state index >= 15 is 0 Å². The van der Waals surface area contributed by atoms with Crippen LogP contribution in [-0.2, 0) is 19.1 Å². The number of carbonyl (C=O) groups is 2. The second-order valence-corrected chi connectivity index (χ2v) is 5.88. The third-order valence-electron chi connectivity index (χ3n) is 3.26. The van der Waals surface area contributed by atoms with Gasteiger partial charge in [0.1, 0.15) is 0 Å². The second-order valence-electron chi connectivity index (χ2n) is 4.96. The van der Waals surface area contributed by atoms with Crippen molar-refractivity contribution in [2.45, 2.75) is 39.0 Å². The molecule has 21 heavy (non-hydrogen) atoms. The maximum Gasteiger partial charge on any atom is 0.304 e. The maximum absolute atomic E-state index is 11.4. The number of ether oxygens (including phenoxy) is 2. The van der Waals surface area contributed by atoms with Crippen molar-refractivity contribution < 1.29 is 19.1 Å². The van der Waals surface area contributed by atoms with Gasteiger partial charge in [-0.05, 0) is 31.0 Å². The van der Waals surface area contributed by atoms with E-state index in [4.69, 9.17) is 9.47 Å². The molecule has 1 fully saturated rings. The van der Waals surface area contributed by atoms with Gasteiger partial charge in [-0.1, -0.05) is 22.0 Å². The number of nitrogens with zero attached hydrogens (tertiary/aromatic N) is 1. The van der Waals surface area contributed by atoms with Gasteiger partial charge in [-0.2, -0.15) is 0 Å². The Bertz CT molecular complexity index is 534. The van der Waals surface area contributed by atoms with Gasteiger partial charge in [0.2, 0.25) is 6.23 Å². The predicted octanol–water partition coefficient (Wildman–Crippen LogP) is 2.87. The summed E-state index contributed by atoms with van der Waals surface area (Å²) < 4.78 is 11.7. The van der Waals surface area contributed by atoms with Gasteiger partial charge >= 0.3 is 11.9 Å². The number of piperidine rings is 1. The average Bonchev–Trinajstić information content (AvgIpc) is 2.39.